The molecule has 2 nitrogen and oxygen atoms in total. The van der Waals surface area contributed by atoms with Crippen molar-refractivity contribution in [1.82, 2.24) is 4.90 Å². The van der Waals surface area contributed by atoms with Crippen molar-refractivity contribution in [3.63, 3.8) is 0 Å². The second kappa shape index (κ2) is 2.67. The quantitative estimate of drug-likeness (QED) is 0.666. The fourth-order valence-electron chi connectivity index (χ4n) is 3.14. The van der Waals surface area contributed by atoms with Gasteiger partial charge in [-0.3, -0.25) is 4.90 Å². The Balaban J connectivity index is 2.20. The maximum Gasteiger partial charge on any atom is 0.115 e. The van der Waals surface area contributed by atoms with Gasteiger partial charge in [-0.15, -0.1) is 0 Å². The molecule has 3 heteroatoms. The van der Waals surface area contributed by atoms with E-state index in [-0.39, 0.29) is 17.6 Å². The normalized spacial score (nSPS) is 43.8. The average molecular weight is 187 g/mol. The molecule has 0 saturated carbocycles. The number of fused-ring (bicyclic) bond motifs is 1. The highest BCUT2D eigenvalue weighted by Crippen LogP contribution is 2.47. The van der Waals surface area contributed by atoms with Gasteiger partial charge in [0.05, 0.1) is 6.61 Å². The van der Waals surface area contributed by atoms with Gasteiger partial charge in [0.15, 0.2) is 0 Å². The van der Waals surface area contributed by atoms with Gasteiger partial charge >= 0.3 is 0 Å². The maximum atomic E-state index is 13.2. The predicted molar refractivity (Wildman–Crippen MR) is 49.3 cm³/mol. The van der Waals surface area contributed by atoms with Gasteiger partial charge in [0.25, 0.3) is 0 Å². The number of nitrogens with zero attached hydrogens (tertiary/aromatic N) is 1. The lowest BCUT2D eigenvalue weighted by Gasteiger charge is -2.29. The molecule has 2 saturated heterocycles. The standard InChI is InChI=1S/C10H18FNO/c1-9(2)5-10(7-13)3-8(11)4-12(10)6-9/h8,13H,3-7H2,1-2H3. The number of alkyl halides is 1. The molecular weight excluding hydrogens is 169 g/mol. The minimum atomic E-state index is -0.733. The summed E-state index contributed by atoms with van der Waals surface area (Å²) < 4.78 is 13.2. The van der Waals surface area contributed by atoms with E-state index in [0.29, 0.717) is 13.0 Å². The predicted octanol–water partition coefficient (Wildman–Crippen LogP) is 1.19. The van der Waals surface area contributed by atoms with Crippen molar-refractivity contribution in [3.05, 3.63) is 0 Å². The lowest BCUT2D eigenvalue weighted by molar-refractivity contribution is 0.0992. The monoisotopic (exact) mass is 187 g/mol. The first kappa shape index (κ1) is 9.41. The highest BCUT2D eigenvalue weighted by atomic mass is 19.1. The molecule has 2 unspecified atom stereocenters. The first-order chi connectivity index (χ1) is 5.97. The van der Waals surface area contributed by atoms with Crippen LogP contribution in [0.1, 0.15) is 26.7 Å². The highest BCUT2D eigenvalue weighted by molar-refractivity contribution is 5.08. The van der Waals surface area contributed by atoms with Gasteiger partial charge in [-0.2, -0.15) is 0 Å². The molecule has 0 aromatic carbocycles. The number of hydrogen-bond acceptors (Lipinski definition) is 2. The summed E-state index contributed by atoms with van der Waals surface area (Å²) in [6.07, 6.45) is 0.715. The average Bonchev–Trinajstić information content (AvgIpc) is 2.36. The molecule has 0 aliphatic carbocycles. The van der Waals surface area contributed by atoms with Gasteiger partial charge < -0.3 is 5.11 Å². The zero-order valence-corrected chi connectivity index (χ0v) is 8.39. The number of halogens is 1. The molecule has 13 heavy (non-hydrogen) atoms. The molecule has 0 amide bonds. The second-order valence-corrected chi connectivity index (χ2v) is 5.41. The van der Waals surface area contributed by atoms with E-state index in [1.807, 2.05) is 0 Å². The molecule has 2 aliphatic heterocycles. The van der Waals surface area contributed by atoms with E-state index in [1.165, 1.54) is 0 Å². The van der Waals surface area contributed by atoms with Gasteiger partial charge in [0.2, 0.25) is 0 Å². The molecule has 2 aliphatic rings. The molecule has 0 aromatic heterocycles. The van der Waals surface area contributed by atoms with Crippen molar-refractivity contribution in [2.24, 2.45) is 5.41 Å². The molecule has 0 bridgehead atoms. The van der Waals surface area contributed by atoms with Crippen molar-refractivity contribution < 1.29 is 9.50 Å². The summed E-state index contributed by atoms with van der Waals surface area (Å²) in [7, 11) is 0. The van der Waals surface area contributed by atoms with Gasteiger partial charge in [0, 0.05) is 25.0 Å². The molecule has 2 rings (SSSR count). The van der Waals surface area contributed by atoms with Crippen LogP contribution in [0.4, 0.5) is 4.39 Å². The van der Waals surface area contributed by atoms with E-state index in [1.54, 1.807) is 0 Å². The number of rotatable bonds is 1. The summed E-state index contributed by atoms with van der Waals surface area (Å²) in [6, 6.07) is 0. The largest absolute Gasteiger partial charge is 0.394 e. The van der Waals surface area contributed by atoms with Crippen LogP contribution in [-0.4, -0.2) is 41.4 Å². The number of hydrogen-bond donors (Lipinski definition) is 1. The fraction of sp³-hybridized carbons (Fsp3) is 1.00. The lowest BCUT2D eigenvalue weighted by Crippen LogP contribution is -2.41. The van der Waals surface area contributed by atoms with Crippen LogP contribution in [0.2, 0.25) is 0 Å². The molecule has 2 atom stereocenters. The first-order valence-corrected chi connectivity index (χ1v) is 4.97. The van der Waals surface area contributed by atoms with Crippen molar-refractivity contribution in [2.75, 3.05) is 19.7 Å². The zero-order valence-electron chi connectivity index (χ0n) is 8.39. The third-order valence-corrected chi connectivity index (χ3v) is 3.41. The van der Waals surface area contributed by atoms with E-state index in [9.17, 15) is 9.50 Å². The summed E-state index contributed by atoms with van der Waals surface area (Å²) in [4.78, 5) is 2.14. The fourth-order valence-corrected chi connectivity index (χ4v) is 3.14. The summed E-state index contributed by atoms with van der Waals surface area (Å²) in [5.41, 5.74) is 0.00574. The minimum Gasteiger partial charge on any atom is -0.394 e. The second-order valence-electron chi connectivity index (χ2n) is 5.41. The van der Waals surface area contributed by atoms with Crippen LogP contribution in [-0.2, 0) is 0 Å². The molecule has 0 spiro atoms. The van der Waals surface area contributed by atoms with Gasteiger partial charge in [0.1, 0.15) is 6.17 Å². The van der Waals surface area contributed by atoms with Crippen LogP contribution >= 0.6 is 0 Å². The Hall–Kier alpha value is -0.150. The Morgan fingerprint density at radius 2 is 2.23 bits per heavy atom. The topological polar surface area (TPSA) is 23.5 Å². The molecular formula is C10H18FNO. The molecule has 2 fully saturated rings. The Morgan fingerprint density at radius 1 is 1.54 bits per heavy atom. The van der Waals surface area contributed by atoms with Gasteiger partial charge in [-0.05, 0) is 11.8 Å². The lowest BCUT2D eigenvalue weighted by atomic mass is 9.82. The Labute approximate surface area is 78.7 Å². The van der Waals surface area contributed by atoms with E-state index < -0.39 is 6.17 Å². The van der Waals surface area contributed by atoms with Crippen molar-refractivity contribution in [3.8, 4) is 0 Å². The molecule has 1 N–H and O–H groups in total. The molecule has 76 valence electrons. The molecule has 0 radical (unpaired) electrons. The Bertz CT molecular complexity index is 219. The van der Waals surface area contributed by atoms with Crippen molar-refractivity contribution >= 4 is 0 Å². The summed E-state index contributed by atoms with van der Waals surface area (Å²) in [5.74, 6) is 0. The SMILES string of the molecule is CC1(C)CN2CC(F)CC2(CO)C1. The van der Waals surface area contributed by atoms with Crippen LogP contribution in [0.25, 0.3) is 0 Å². The van der Waals surface area contributed by atoms with Crippen LogP contribution in [0.5, 0.6) is 0 Å². The minimum absolute atomic E-state index is 0.108. The van der Waals surface area contributed by atoms with Crippen LogP contribution in [0.3, 0.4) is 0 Å². The van der Waals surface area contributed by atoms with E-state index in [4.69, 9.17) is 0 Å². The Morgan fingerprint density at radius 3 is 2.77 bits per heavy atom. The Kier molecular flexibility index (Phi) is 1.93. The summed E-state index contributed by atoms with van der Waals surface area (Å²) in [6.45, 7) is 5.93. The van der Waals surface area contributed by atoms with Crippen LogP contribution in [0, 0.1) is 5.41 Å². The number of aliphatic hydroxyl groups excluding tert-OH is 1. The van der Waals surface area contributed by atoms with Gasteiger partial charge in [-0.1, -0.05) is 13.8 Å². The van der Waals surface area contributed by atoms with E-state index in [0.717, 1.165) is 13.0 Å². The van der Waals surface area contributed by atoms with E-state index in [2.05, 4.69) is 18.7 Å². The van der Waals surface area contributed by atoms with Crippen LogP contribution < -0.4 is 0 Å². The third kappa shape index (κ3) is 1.38. The summed E-state index contributed by atoms with van der Waals surface area (Å²) in [5, 5.41) is 9.37. The third-order valence-electron chi connectivity index (χ3n) is 3.41. The zero-order chi connectivity index (χ0) is 9.69. The molecule has 2 heterocycles. The molecule has 0 aromatic rings. The van der Waals surface area contributed by atoms with Crippen molar-refractivity contribution in [1.29, 1.82) is 0 Å². The van der Waals surface area contributed by atoms with E-state index >= 15 is 0 Å². The first-order valence-electron chi connectivity index (χ1n) is 4.97. The maximum absolute atomic E-state index is 13.2. The van der Waals surface area contributed by atoms with Crippen molar-refractivity contribution in [2.45, 2.75) is 38.4 Å². The highest BCUT2D eigenvalue weighted by Gasteiger charge is 2.54. The van der Waals surface area contributed by atoms with Crippen LogP contribution in [0.15, 0.2) is 0 Å². The number of aliphatic hydroxyl groups is 1. The van der Waals surface area contributed by atoms with Gasteiger partial charge in [-0.25, -0.2) is 4.39 Å². The summed E-state index contributed by atoms with van der Waals surface area (Å²) >= 11 is 0. The smallest absolute Gasteiger partial charge is 0.115 e.